The third-order valence-electron chi connectivity index (χ3n) is 3.61. The first-order chi connectivity index (χ1) is 14.7. The molecule has 4 N–H and O–H groups in total. The van der Waals surface area contributed by atoms with Gasteiger partial charge in [-0.3, -0.25) is 13.7 Å². The highest BCUT2D eigenvalue weighted by Gasteiger charge is 2.12. The van der Waals surface area contributed by atoms with Crippen molar-refractivity contribution in [3.63, 3.8) is 0 Å². The van der Waals surface area contributed by atoms with E-state index in [2.05, 4.69) is 15.5 Å². The van der Waals surface area contributed by atoms with Crippen molar-refractivity contribution in [3.8, 4) is 5.75 Å². The average Bonchev–Trinajstić information content (AvgIpc) is 2.67. The van der Waals surface area contributed by atoms with Crippen LogP contribution in [0.4, 0.5) is 17.1 Å². The summed E-state index contributed by atoms with van der Waals surface area (Å²) in [5.74, 6) is -1.32. The van der Waals surface area contributed by atoms with Crippen LogP contribution in [-0.2, 0) is 30.4 Å². The normalized spacial score (nSPS) is 12.7. The number of ether oxygens (including phenoxy) is 1. The highest BCUT2D eigenvalue weighted by atomic mass is 32.2. The van der Waals surface area contributed by atoms with Crippen LogP contribution < -0.4 is 10.1 Å². The smallest absolute Gasteiger partial charge is 0.294 e. The maximum atomic E-state index is 11.2. The number of nitrogens with zero attached hydrogens (tertiary/aromatic N) is 2. The molecule has 0 aliphatic heterocycles. The fraction of sp³-hybridized carbons (Fsp3) is 0.250. The minimum absolute atomic E-state index is 0.0483. The molecule has 0 bridgehead atoms. The first-order valence-electron chi connectivity index (χ1n) is 8.63. The Labute approximate surface area is 184 Å². The number of hydrogen-bond donors (Lipinski definition) is 4. The number of hydrogen-bond acceptors (Lipinski definition) is 10. The Morgan fingerprint density at radius 3 is 2.09 bits per heavy atom. The van der Waals surface area contributed by atoms with Gasteiger partial charge in [-0.1, -0.05) is 6.07 Å². The summed E-state index contributed by atoms with van der Waals surface area (Å²) in [6.07, 6.45) is -0.0647. The van der Waals surface area contributed by atoms with Gasteiger partial charge in [0.1, 0.15) is 11.6 Å². The number of benzene rings is 2. The zero-order chi connectivity index (χ0) is 24.0. The van der Waals surface area contributed by atoms with Gasteiger partial charge in [0, 0.05) is 6.07 Å². The number of nitrogens with one attached hydrogen (secondary N) is 1. The summed E-state index contributed by atoms with van der Waals surface area (Å²) >= 11 is 0. The molecular weight excluding hydrogens is 490 g/mol. The van der Waals surface area contributed by atoms with E-state index < -0.39 is 42.0 Å². The fourth-order valence-corrected chi connectivity index (χ4v) is 3.59. The van der Waals surface area contributed by atoms with E-state index in [-0.39, 0.29) is 40.7 Å². The van der Waals surface area contributed by atoms with E-state index in [1.165, 1.54) is 36.4 Å². The van der Waals surface area contributed by atoms with Gasteiger partial charge in [0.25, 0.3) is 30.4 Å². The summed E-state index contributed by atoms with van der Waals surface area (Å²) in [5, 5.41) is 10.2. The Balaban J connectivity index is 2.24. The van der Waals surface area contributed by atoms with Gasteiger partial charge < -0.3 is 10.1 Å². The molecule has 2 aromatic rings. The molecule has 0 unspecified atom stereocenters. The van der Waals surface area contributed by atoms with Crippen LogP contribution in [0, 0.1) is 0 Å². The molecule has 0 saturated heterocycles. The monoisotopic (exact) mass is 509 g/mol. The second kappa shape index (κ2) is 10.3. The summed E-state index contributed by atoms with van der Waals surface area (Å²) in [6, 6.07) is 9.16. The zero-order valence-corrected chi connectivity index (χ0v) is 18.6. The van der Waals surface area contributed by atoms with Crippen LogP contribution in [0.15, 0.2) is 57.6 Å². The van der Waals surface area contributed by atoms with Crippen LogP contribution in [0.25, 0.3) is 0 Å². The van der Waals surface area contributed by atoms with Crippen molar-refractivity contribution >= 4 is 47.4 Å². The summed E-state index contributed by atoms with van der Waals surface area (Å²) in [6.45, 7) is -0.155. The van der Waals surface area contributed by atoms with Crippen molar-refractivity contribution in [2.75, 3.05) is 23.6 Å². The van der Waals surface area contributed by atoms with Gasteiger partial charge in [-0.2, -0.15) is 35.5 Å². The molecule has 2 aromatic carbocycles. The average molecular weight is 510 g/mol. The predicted octanol–water partition coefficient (Wildman–Crippen LogP) is 2.26. The maximum Gasteiger partial charge on any atom is 0.294 e. The van der Waals surface area contributed by atoms with Gasteiger partial charge in [0.15, 0.2) is 0 Å². The topological polar surface area (TPSA) is 209 Å². The van der Waals surface area contributed by atoms with Crippen LogP contribution in [-0.4, -0.2) is 57.1 Å². The molecule has 0 atom stereocenters. The molecule has 0 saturated carbocycles. The van der Waals surface area contributed by atoms with Crippen molar-refractivity contribution < 1.29 is 43.6 Å². The van der Waals surface area contributed by atoms with Gasteiger partial charge in [-0.25, -0.2) is 0 Å². The number of rotatable bonds is 11. The zero-order valence-electron chi connectivity index (χ0n) is 16.2. The molecule has 16 heteroatoms. The molecule has 0 heterocycles. The van der Waals surface area contributed by atoms with E-state index in [4.69, 9.17) is 18.4 Å². The largest absolute Gasteiger partial charge is 0.491 e. The molecule has 0 fully saturated rings. The van der Waals surface area contributed by atoms with Gasteiger partial charge in [-0.05, 0) is 36.8 Å². The minimum atomic E-state index is -4.42. The first kappa shape index (κ1) is 25.6. The quantitative estimate of drug-likeness (QED) is 0.196. The van der Waals surface area contributed by atoms with E-state index in [0.29, 0.717) is 0 Å². The molecule has 0 spiro atoms. The third kappa shape index (κ3) is 9.25. The lowest BCUT2D eigenvalue weighted by atomic mass is 10.2. The van der Waals surface area contributed by atoms with Crippen molar-refractivity contribution in [1.29, 1.82) is 0 Å². The second-order valence-corrected chi connectivity index (χ2v) is 10.7. The Morgan fingerprint density at radius 2 is 1.50 bits per heavy atom. The lowest BCUT2D eigenvalue weighted by molar-refractivity contribution is 0.317. The van der Waals surface area contributed by atoms with Crippen molar-refractivity contribution in [2.45, 2.75) is 11.3 Å². The molecule has 2 rings (SSSR count). The highest BCUT2D eigenvalue weighted by molar-refractivity contribution is 7.86. The predicted molar refractivity (Wildman–Crippen MR) is 113 cm³/mol. The molecule has 32 heavy (non-hydrogen) atoms. The minimum Gasteiger partial charge on any atom is -0.491 e. The number of anilines is 1. The van der Waals surface area contributed by atoms with E-state index >= 15 is 0 Å². The summed E-state index contributed by atoms with van der Waals surface area (Å²) < 4.78 is 98.1. The lowest BCUT2D eigenvalue weighted by Gasteiger charge is -2.13. The third-order valence-corrected chi connectivity index (χ3v) is 5.77. The summed E-state index contributed by atoms with van der Waals surface area (Å²) in [5.41, 5.74) is 0.454. The van der Waals surface area contributed by atoms with Crippen molar-refractivity contribution in [2.24, 2.45) is 10.2 Å². The molecule has 176 valence electrons. The molecule has 0 aliphatic carbocycles. The van der Waals surface area contributed by atoms with Gasteiger partial charge in [0.05, 0.1) is 34.3 Å². The molecule has 0 radical (unpaired) electrons. The van der Waals surface area contributed by atoms with E-state index in [9.17, 15) is 25.3 Å². The Kier molecular flexibility index (Phi) is 8.27. The maximum absolute atomic E-state index is 11.2. The van der Waals surface area contributed by atoms with Crippen LogP contribution in [0.2, 0.25) is 0 Å². The molecule has 0 aliphatic rings. The molecule has 0 aromatic heterocycles. The second-order valence-electron chi connectivity index (χ2n) is 6.24. The van der Waals surface area contributed by atoms with Crippen molar-refractivity contribution in [3.05, 3.63) is 42.5 Å². The van der Waals surface area contributed by atoms with E-state index in [1.54, 1.807) is 0 Å². The lowest BCUT2D eigenvalue weighted by Crippen LogP contribution is -2.14. The summed E-state index contributed by atoms with van der Waals surface area (Å²) in [7, 11) is -13.0. The summed E-state index contributed by atoms with van der Waals surface area (Å²) in [4.78, 5) is -0.374. The van der Waals surface area contributed by atoms with Crippen LogP contribution in [0.1, 0.15) is 6.42 Å². The van der Waals surface area contributed by atoms with E-state index in [0.717, 1.165) is 6.07 Å². The van der Waals surface area contributed by atoms with Gasteiger partial charge in [0.2, 0.25) is 0 Å². The van der Waals surface area contributed by atoms with Crippen LogP contribution in [0.3, 0.4) is 0 Å². The van der Waals surface area contributed by atoms with Crippen LogP contribution >= 0.6 is 0 Å². The molecule has 0 amide bonds. The van der Waals surface area contributed by atoms with Crippen LogP contribution in [0.5, 0.6) is 5.75 Å². The fourth-order valence-electron chi connectivity index (χ4n) is 2.25. The first-order valence-corrected chi connectivity index (χ1v) is 13.3. The Hall–Kier alpha value is -2.63. The number of azo groups is 1. The Bertz CT molecular complexity index is 1310. The standard InChI is InChI=1S/C16H19N3O10S3/c20-30(21,22)8-2-7-29-16-10-13(5-6-15(16)17-11-31(23,24)25)19-18-12-3-1-4-14(9-12)32(26,27)28/h1,3-6,9-10,17H,2,7-8,11H2,(H,20,21,22)(H,23,24,25)(H,26,27,28). The van der Waals surface area contributed by atoms with Gasteiger partial charge >= 0.3 is 0 Å². The Morgan fingerprint density at radius 1 is 0.844 bits per heavy atom. The SMILES string of the molecule is O=S(=O)(O)CCCOc1cc(N=Nc2cccc(S(=O)(=O)O)c2)ccc1NCS(=O)(=O)O. The molecule has 13 nitrogen and oxygen atoms in total. The van der Waals surface area contributed by atoms with E-state index in [1.807, 2.05) is 0 Å². The van der Waals surface area contributed by atoms with Crippen molar-refractivity contribution in [1.82, 2.24) is 0 Å². The van der Waals surface area contributed by atoms with Gasteiger partial charge in [-0.15, -0.1) is 0 Å². The highest BCUT2D eigenvalue weighted by Crippen LogP contribution is 2.31. The molecular formula is C16H19N3O10S3.